The molecule has 1 aromatic carbocycles. The Morgan fingerprint density at radius 2 is 2.00 bits per heavy atom. The van der Waals surface area contributed by atoms with E-state index < -0.39 is 12.2 Å². The minimum Gasteiger partial charge on any atom is -0.442 e. The van der Waals surface area contributed by atoms with E-state index in [9.17, 15) is 14.0 Å². The first-order chi connectivity index (χ1) is 14.0. The summed E-state index contributed by atoms with van der Waals surface area (Å²) in [5.74, 6) is -0.685. The van der Waals surface area contributed by atoms with Crippen molar-refractivity contribution in [3.05, 3.63) is 24.0 Å². The van der Waals surface area contributed by atoms with Gasteiger partial charge in [-0.05, 0) is 18.2 Å². The average Bonchev–Trinajstić information content (AvgIpc) is 3.06. The van der Waals surface area contributed by atoms with Crippen molar-refractivity contribution in [1.29, 1.82) is 0 Å². The molecule has 1 aromatic rings. The van der Waals surface area contributed by atoms with E-state index >= 15 is 0 Å². The van der Waals surface area contributed by atoms with Gasteiger partial charge in [0.15, 0.2) is 0 Å². The van der Waals surface area contributed by atoms with Gasteiger partial charge in [0.2, 0.25) is 5.91 Å². The smallest absolute Gasteiger partial charge is 0.414 e. The molecule has 3 heterocycles. The molecule has 0 bridgehead atoms. The van der Waals surface area contributed by atoms with Crippen LogP contribution in [0.25, 0.3) is 0 Å². The Morgan fingerprint density at radius 1 is 1.24 bits per heavy atom. The van der Waals surface area contributed by atoms with E-state index in [0.29, 0.717) is 17.4 Å². The molecule has 1 unspecified atom stereocenters. The first-order valence-electron chi connectivity index (χ1n) is 9.86. The van der Waals surface area contributed by atoms with Crippen LogP contribution in [0.15, 0.2) is 18.2 Å². The average molecular weight is 407 g/mol. The Balaban J connectivity index is 1.36. The molecule has 0 spiro atoms. The maximum absolute atomic E-state index is 14.8. The summed E-state index contributed by atoms with van der Waals surface area (Å²) < 4.78 is 25.3. The van der Waals surface area contributed by atoms with Gasteiger partial charge in [-0.2, -0.15) is 0 Å². The third-order valence-electron chi connectivity index (χ3n) is 5.62. The minimum atomic E-state index is -0.555. The van der Waals surface area contributed by atoms with Gasteiger partial charge in [0.05, 0.1) is 50.3 Å². The molecule has 29 heavy (non-hydrogen) atoms. The van der Waals surface area contributed by atoms with Crippen molar-refractivity contribution in [3.63, 3.8) is 0 Å². The minimum absolute atomic E-state index is 0.125. The van der Waals surface area contributed by atoms with E-state index in [4.69, 9.17) is 15.2 Å². The molecule has 3 saturated heterocycles. The number of benzene rings is 1. The molecule has 3 aliphatic rings. The number of hydrogen-bond donors (Lipinski definition) is 2. The van der Waals surface area contributed by atoms with E-state index in [0.717, 1.165) is 39.4 Å². The van der Waals surface area contributed by atoms with Gasteiger partial charge in [-0.25, -0.2) is 9.18 Å². The molecule has 0 aromatic heterocycles. The van der Waals surface area contributed by atoms with Crippen molar-refractivity contribution >= 4 is 23.4 Å². The summed E-state index contributed by atoms with van der Waals surface area (Å²) in [7, 11) is 0. The number of ether oxygens (including phenoxy) is 2. The number of halogens is 1. The molecule has 10 heteroatoms. The number of anilines is 2. The molecule has 4 rings (SSSR count). The van der Waals surface area contributed by atoms with Gasteiger partial charge in [-0.3, -0.25) is 14.6 Å². The molecule has 9 nitrogen and oxygen atoms in total. The SMILES string of the molecule is NCC(=O)NCC1CN(c2ccc(N3CCN(C4COC4)CC3)c(F)c2)C(=O)O1. The van der Waals surface area contributed by atoms with E-state index in [1.54, 1.807) is 12.1 Å². The number of nitrogens with one attached hydrogen (secondary N) is 1. The summed E-state index contributed by atoms with van der Waals surface area (Å²) in [6, 6.07) is 5.30. The van der Waals surface area contributed by atoms with Crippen LogP contribution in [0.5, 0.6) is 0 Å². The number of cyclic esters (lactones) is 1. The van der Waals surface area contributed by atoms with Crippen molar-refractivity contribution < 1.29 is 23.5 Å². The normalized spacial score (nSPS) is 23.1. The lowest BCUT2D eigenvalue weighted by molar-refractivity contribution is -0.120. The first-order valence-corrected chi connectivity index (χ1v) is 9.86. The Bertz CT molecular complexity index is 767. The summed E-state index contributed by atoms with van der Waals surface area (Å²) >= 11 is 0. The van der Waals surface area contributed by atoms with Crippen LogP contribution in [-0.4, -0.2) is 88.1 Å². The van der Waals surface area contributed by atoms with E-state index in [2.05, 4.69) is 10.2 Å². The summed E-state index contributed by atoms with van der Waals surface area (Å²) in [6.45, 7) is 5.12. The molecular weight excluding hydrogens is 381 g/mol. The standard InChI is InChI=1S/C19H26FN5O4/c20-16-7-13(25-10-15(29-19(25)27)9-22-18(26)8-21)1-2-17(16)24-5-3-23(4-6-24)14-11-28-12-14/h1-2,7,14-15H,3-6,8-12,21H2,(H,22,26). The van der Waals surface area contributed by atoms with Gasteiger partial charge in [-0.1, -0.05) is 0 Å². The Morgan fingerprint density at radius 3 is 2.62 bits per heavy atom. The maximum atomic E-state index is 14.8. The maximum Gasteiger partial charge on any atom is 0.414 e. The van der Waals surface area contributed by atoms with Gasteiger partial charge >= 0.3 is 6.09 Å². The van der Waals surface area contributed by atoms with Gasteiger partial charge < -0.3 is 25.4 Å². The molecule has 158 valence electrons. The van der Waals surface area contributed by atoms with E-state index in [1.165, 1.54) is 11.0 Å². The number of hydrogen-bond acceptors (Lipinski definition) is 7. The predicted molar refractivity (Wildman–Crippen MR) is 104 cm³/mol. The molecule has 3 N–H and O–H groups in total. The second kappa shape index (κ2) is 8.52. The predicted octanol–water partition coefficient (Wildman–Crippen LogP) is -0.253. The summed E-state index contributed by atoms with van der Waals surface area (Å²) in [4.78, 5) is 29.2. The van der Waals surface area contributed by atoms with Crippen LogP contribution in [0.4, 0.5) is 20.6 Å². The number of amides is 2. The largest absolute Gasteiger partial charge is 0.442 e. The van der Waals surface area contributed by atoms with Crippen molar-refractivity contribution in [2.24, 2.45) is 5.73 Å². The van der Waals surface area contributed by atoms with Crippen LogP contribution in [0, 0.1) is 5.82 Å². The van der Waals surface area contributed by atoms with E-state index in [-0.39, 0.29) is 31.4 Å². The molecule has 3 fully saturated rings. The fourth-order valence-electron chi connectivity index (χ4n) is 3.82. The quantitative estimate of drug-likeness (QED) is 0.671. The molecular formula is C19H26FN5O4. The molecule has 3 aliphatic heterocycles. The Kier molecular flexibility index (Phi) is 5.84. The lowest BCUT2D eigenvalue weighted by Gasteiger charge is -2.43. The molecule has 0 aliphatic carbocycles. The van der Waals surface area contributed by atoms with E-state index in [1.807, 2.05) is 4.90 Å². The third-order valence-corrected chi connectivity index (χ3v) is 5.62. The van der Waals surface area contributed by atoms with Crippen LogP contribution < -0.4 is 20.9 Å². The number of carbonyl (C=O) groups is 2. The fourth-order valence-corrected chi connectivity index (χ4v) is 3.82. The highest BCUT2D eigenvalue weighted by Crippen LogP contribution is 2.29. The van der Waals surface area contributed by atoms with Gasteiger partial charge in [0.25, 0.3) is 0 Å². The van der Waals surface area contributed by atoms with Gasteiger partial charge in [-0.15, -0.1) is 0 Å². The zero-order chi connectivity index (χ0) is 20.4. The van der Waals surface area contributed by atoms with Gasteiger partial charge in [0.1, 0.15) is 11.9 Å². The Labute approximate surface area is 168 Å². The summed E-state index contributed by atoms with van der Waals surface area (Å²) in [5.41, 5.74) is 6.22. The fraction of sp³-hybridized carbons (Fsp3) is 0.579. The zero-order valence-electron chi connectivity index (χ0n) is 16.2. The van der Waals surface area contributed by atoms with Crippen molar-refractivity contribution in [2.75, 3.05) is 68.8 Å². The van der Waals surface area contributed by atoms with Crippen molar-refractivity contribution in [2.45, 2.75) is 12.1 Å². The highest BCUT2D eigenvalue weighted by atomic mass is 19.1. The molecule has 2 amide bonds. The third kappa shape index (κ3) is 4.29. The number of piperazine rings is 1. The first kappa shape index (κ1) is 19.9. The lowest BCUT2D eigenvalue weighted by Crippen LogP contribution is -2.56. The van der Waals surface area contributed by atoms with Crippen LogP contribution in [0.1, 0.15) is 0 Å². The molecule has 0 radical (unpaired) electrons. The van der Waals surface area contributed by atoms with Crippen LogP contribution in [-0.2, 0) is 14.3 Å². The molecule has 1 atom stereocenters. The second-order valence-electron chi connectivity index (χ2n) is 7.47. The number of rotatable bonds is 6. The topological polar surface area (TPSA) is 100 Å². The number of nitrogens with two attached hydrogens (primary N) is 1. The van der Waals surface area contributed by atoms with Crippen LogP contribution >= 0.6 is 0 Å². The second-order valence-corrected chi connectivity index (χ2v) is 7.47. The summed E-state index contributed by atoms with van der Waals surface area (Å²) in [6.07, 6.45) is -1.05. The number of nitrogens with zero attached hydrogens (tertiary/aromatic N) is 3. The van der Waals surface area contributed by atoms with Crippen molar-refractivity contribution in [3.8, 4) is 0 Å². The van der Waals surface area contributed by atoms with Crippen molar-refractivity contribution in [1.82, 2.24) is 10.2 Å². The van der Waals surface area contributed by atoms with Crippen LogP contribution in [0.3, 0.4) is 0 Å². The number of carbonyl (C=O) groups excluding carboxylic acids is 2. The lowest BCUT2D eigenvalue weighted by atomic mass is 10.1. The summed E-state index contributed by atoms with van der Waals surface area (Å²) in [5, 5.41) is 2.59. The van der Waals surface area contributed by atoms with Gasteiger partial charge in [0, 0.05) is 26.2 Å². The molecule has 0 saturated carbocycles. The van der Waals surface area contributed by atoms with Crippen LogP contribution in [0.2, 0.25) is 0 Å². The highest BCUT2D eigenvalue weighted by molar-refractivity contribution is 5.90. The zero-order valence-corrected chi connectivity index (χ0v) is 16.2. The Hall–Kier alpha value is -2.43. The monoisotopic (exact) mass is 407 g/mol. The highest BCUT2D eigenvalue weighted by Gasteiger charge is 2.33.